The quantitative estimate of drug-likeness (QED) is 0.898. The second kappa shape index (κ2) is 3.70. The van der Waals surface area contributed by atoms with Crippen molar-refractivity contribution in [2.75, 3.05) is 0 Å². The summed E-state index contributed by atoms with van der Waals surface area (Å²) < 4.78 is 1.74. The number of carbonyl (C=O) groups is 1. The van der Waals surface area contributed by atoms with Crippen molar-refractivity contribution < 1.29 is 9.90 Å². The van der Waals surface area contributed by atoms with E-state index in [1.54, 1.807) is 4.68 Å². The topological polar surface area (TPSA) is 55.1 Å². The fourth-order valence-electron chi connectivity index (χ4n) is 2.20. The molecule has 0 radical (unpaired) electrons. The van der Waals surface area contributed by atoms with Crippen molar-refractivity contribution in [2.45, 2.75) is 25.2 Å². The molecular weight excluding hydrogens is 228 g/mol. The van der Waals surface area contributed by atoms with Gasteiger partial charge < -0.3 is 5.11 Å². The largest absolute Gasteiger partial charge is 0.481 e. The molecule has 4 nitrogen and oxygen atoms in total. The number of rotatable bonds is 3. The molecule has 3 rings (SSSR count). The van der Waals surface area contributed by atoms with Crippen molar-refractivity contribution in [3.63, 3.8) is 0 Å². The highest BCUT2D eigenvalue weighted by Gasteiger charge is 2.53. The second-order valence-corrected chi connectivity index (χ2v) is 4.87. The lowest BCUT2D eigenvalue weighted by Gasteiger charge is -2.06. The molecule has 0 saturated heterocycles. The van der Waals surface area contributed by atoms with E-state index in [4.69, 9.17) is 0 Å². The number of hydrogen-bond donors (Lipinski definition) is 1. The van der Waals surface area contributed by atoms with Gasteiger partial charge in [0.25, 0.3) is 0 Å². The third kappa shape index (κ3) is 1.61. The minimum Gasteiger partial charge on any atom is -0.481 e. The Morgan fingerprint density at radius 2 is 2.17 bits per heavy atom. The molecule has 0 atom stereocenters. The molecule has 2 aromatic rings. The summed E-state index contributed by atoms with van der Waals surface area (Å²) in [6.07, 6.45) is 3.20. The number of aliphatic carboxylic acids is 1. The van der Waals surface area contributed by atoms with Crippen LogP contribution in [0.3, 0.4) is 0 Å². The molecule has 1 fully saturated rings. The molecule has 1 aromatic heterocycles. The number of carboxylic acid groups (broad SMARTS) is 1. The first-order valence-electron chi connectivity index (χ1n) is 5.98. The second-order valence-electron chi connectivity index (χ2n) is 4.87. The van der Waals surface area contributed by atoms with Crippen LogP contribution in [0.15, 0.2) is 36.5 Å². The van der Waals surface area contributed by atoms with E-state index in [0.717, 1.165) is 11.3 Å². The minimum atomic E-state index is -0.767. The monoisotopic (exact) mass is 242 g/mol. The summed E-state index contributed by atoms with van der Waals surface area (Å²) in [5, 5.41) is 13.6. The van der Waals surface area contributed by atoms with Gasteiger partial charge in [-0.2, -0.15) is 5.10 Å². The van der Waals surface area contributed by atoms with Crippen LogP contribution in [-0.4, -0.2) is 20.9 Å². The van der Waals surface area contributed by atoms with Crippen molar-refractivity contribution in [1.82, 2.24) is 9.78 Å². The minimum absolute atomic E-state index is 0.663. The Bertz CT molecular complexity index is 612. The van der Waals surface area contributed by atoms with E-state index < -0.39 is 11.4 Å². The van der Waals surface area contributed by atoms with Crippen LogP contribution in [0.25, 0.3) is 5.69 Å². The molecule has 1 saturated carbocycles. The van der Waals surface area contributed by atoms with Crippen molar-refractivity contribution in [1.29, 1.82) is 0 Å². The predicted octanol–water partition coefficient (Wildman–Crippen LogP) is 2.30. The predicted molar refractivity (Wildman–Crippen MR) is 66.8 cm³/mol. The Morgan fingerprint density at radius 1 is 1.39 bits per heavy atom. The zero-order valence-electron chi connectivity index (χ0n) is 10.1. The molecule has 1 aliphatic rings. The van der Waals surface area contributed by atoms with Gasteiger partial charge in [0, 0.05) is 6.20 Å². The van der Waals surface area contributed by atoms with E-state index in [-0.39, 0.29) is 0 Å². The van der Waals surface area contributed by atoms with Crippen molar-refractivity contribution >= 4 is 5.97 Å². The van der Waals surface area contributed by atoms with Gasteiger partial charge >= 0.3 is 5.97 Å². The molecule has 0 aliphatic heterocycles. The number of nitrogens with zero attached hydrogens (tertiary/aromatic N) is 2. The zero-order chi connectivity index (χ0) is 12.8. The van der Waals surface area contributed by atoms with Crippen molar-refractivity contribution in [2.24, 2.45) is 0 Å². The first-order chi connectivity index (χ1) is 8.62. The van der Waals surface area contributed by atoms with Crippen LogP contribution in [0.5, 0.6) is 0 Å². The molecule has 1 aliphatic carbocycles. The fourth-order valence-corrected chi connectivity index (χ4v) is 2.20. The third-order valence-corrected chi connectivity index (χ3v) is 3.50. The van der Waals surface area contributed by atoms with Gasteiger partial charge in [0.2, 0.25) is 0 Å². The Hall–Kier alpha value is -2.10. The molecule has 0 spiro atoms. The summed E-state index contributed by atoms with van der Waals surface area (Å²) in [6, 6.07) is 9.79. The average molecular weight is 242 g/mol. The van der Waals surface area contributed by atoms with Crippen molar-refractivity contribution in [3.8, 4) is 5.69 Å². The maximum Gasteiger partial charge on any atom is 0.315 e. The molecule has 18 heavy (non-hydrogen) atoms. The smallest absolute Gasteiger partial charge is 0.315 e. The van der Waals surface area contributed by atoms with Gasteiger partial charge in [-0.15, -0.1) is 0 Å². The van der Waals surface area contributed by atoms with Crippen LogP contribution in [0.1, 0.15) is 24.1 Å². The Balaban J connectivity index is 1.98. The summed E-state index contributed by atoms with van der Waals surface area (Å²) in [6.45, 7) is 2.02. The number of aromatic nitrogens is 2. The van der Waals surface area contributed by atoms with Gasteiger partial charge in [-0.25, -0.2) is 4.68 Å². The van der Waals surface area contributed by atoms with E-state index in [0.29, 0.717) is 18.5 Å². The highest BCUT2D eigenvalue weighted by Crippen LogP contribution is 2.47. The normalized spacial score (nSPS) is 16.5. The van der Waals surface area contributed by atoms with Crippen LogP contribution in [0.4, 0.5) is 0 Å². The van der Waals surface area contributed by atoms with Gasteiger partial charge in [-0.05, 0) is 43.5 Å². The molecule has 1 heterocycles. The third-order valence-electron chi connectivity index (χ3n) is 3.50. The molecule has 0 unspecified atom stereocenters. The molecule has 4 heteroatoms. The zero-order valence-corrected chi connectivity index (χ0v) is 10.1. The summed E-state index contributed by atoms with van der Waals surface area (Å²) >= 11 is 0. The number of carboxylic acids is 1. The summed E-state index contributed by atoms with van der Waals surface area (Å²) in [7, 11) is 0. The molecule has 1 N–H and O–H groups in total. The highest BCUT2D eigenvalue weighted by atomic mass is 16.4. The number of benzene rings is 1. The van der Waals surface area contributed by atoms with Crippen LogP contribution < -0.4 is 0 Å². The molecule has 92 valence electrons. The van der Waals surface area contributed by atoms with Gasteiger partial charge in [0.05, 0.1) is 11.4 Å². The van der Waals surface area contributed by atoms with E-state index >= 15 is 0 Å². The molecule has 0 bridgehead atoms. The van der Waals surface area contributed by atoms with Gasteiger partial charge in [0.1, 0.15) is 5.41 Å². The Morgan fingerprint density at radius 3 is 2.78 bits per heavy atom. The molecule has 1 aromatic carbocycles. The standard InChI is InChI=1S/C14H14N2O2/c1-10-3-2-4-11(9-10)16-8-5-12(15-16)14(6-7-14)13(17)18/h2-5,8-9H,6-7H2,1H3,(H,17,18). The summed E-state index contributed by atoms with van der Waals surface area (Å²) in [5.74, 6) is -0.767. The van der Waals surface area contributed by atoms with E-state index in [2.05, 4.69) is 5.10 Å². The highest BCUT2D eigenvalue weighted by molar-refractivity contribution is 5.84. The average Bonchev–Trinajstić information content (AvgIpc) is 3.01. The van der Waals surface area contributed by atoms with Crippen LogP contribution in [-0.2, 0) is 10.2 Å². The Kier molecular flexibility index (Phi) is 2.26. The molecule has 0 amide bonds. The summed E-state index contributed by atoms with van der Waals surface area (Å²) in [5.41, 5.74) is 2.05. The van der Waals surface area contributed by atoms with Crippen LogP contribution >= 0.6 is 0 Å². The number of aryl methyl sites for hydroxylation is 1. The maximum atomic E-state index is 11.2. The van der Waals surface area contributed by atoms with Crippen LogP contribution in [0, 0.1) is 6.92 Å². The van der Waals surface area contributed by atoms with Gasteiger partial charge in [-0.1, -0.05) is 12.1 Å². The van der Waals surface area contributed by atoms with E-state index in [9.17, 15) is 9.90 Å². The van der Waals surface area contributed by atoms with Crippen LogP contribution in [0.2, 0.25) is 0 Å². The Labute approximate surface area is 105 Å². The van der Waals surface area contributed by atoms with E-state index in [1.807, 2.05) is 43.5 Å². The first-order valence-corrected chi connectivity index (χ1v) is 5.98. The molecular formula is C14H14N2O2. The van der Waals surface area contributed by atoms with E-state index in [1.165, 1.54) is 0 Å². The van der Waals surface area contributed by atoms with Gasteiger partial charge in [0.15, 0.2) is 0 Å². The lowest BCUT2D eigenvalue weighted by Crippen LogP contribution is -2.20. The van der Waals surface area contributed by atoms with Crippen molar-refractivity contribution in [3.05, 3.63) is 47.8 Å². The lowest BCUT2D eigenvalue weighted by molar-refractivity contribution is -0.140. The number of hydrogen-bond acceptors (Lipinski definition) is 2. The maximum absolute atomic E-state index is 11.2. The first kappa shape index (κ1) is 11.0. The lowest BCUT2D eigenvalue weighted by atomic mass is 10.0. The summed E-state index contributed by atoms with van der Waals surface area (Å²) in [4.78, 5) is 11.2. The SMILES string of the molecule is Cc1cccc(-n2ccc(C3(C(=O)O)CC3)n2)c1. The fraction of sp³-hybridized carbons (Fsp3) is 0.286. The van der Waals surface area contributed by atoms with Gasteiger partial charge in [-0.3, -0.25) is 4.79 Å².